The number of likely N-dealkylation sites (tertiary alicyclic amines) is 2. The Kier molecular flexibility index (Phi) is 5.48. The molecular formula is C16H30N4O3S. The SMILES string of the molecule is CCN(CC1CC1)S(=O)(=O)NC1CCN(C2CCN(C)C2=O)CC1. The Bertz CT molecular complexity index is 556. The van der Waals surface area contributed by atoms with E-state index in [4.69, 9.17) is 0 Å². The van der Waals surface area contributed by atoms with Crippen LogP contribution in [-0.4, -0.2) is 80.3 Å². The number of amides is 1. The molecule has 1 N–H and O–H groups in total. The summed E-state index contributed by atoms with van der Waals surface area (Å²) in [7, 11) is -1.54. The smallest absolute Gasteiger partial charge is 0.279 e. The summed E-state index contributed by atoms with van der Waals surface area (Å²) in [5, 5.41) is 0. The zero-order valence-corrected chi connectivity index (χ0v) is 15.6. The first-order valence-corrected chi connectivity index (χ1v) is 10.6. The molecule has 1 saturated carbocycles. The van der Waals surface area contributed by atoms with Crippen LogP contribution in [0.15, 0.2) is 0 Å². The van der Waals surface area contributed by atoms with Crippen LogP contribution in [0, 0.1) is 5.92 Å². The van der Waals surface area contributed by atoms with E-state index in [1.165, 1.54) is 0 Å². The van der Waals surface area contributed by atoms with Crippen molar-refractivity contribution < 1.29 is 13.2 Å². The molecule has 1 amide bonds. The highest BCUT2D eigenvalue weighted by atomic mass is 32.2. The van der Waals surface area contributed by atoms with E-state index in [-0.39, 0.29) is 18.0 Å². The Balaban J connectivity index is 1.50. The summed E-state index contributed by atoms with van der Waals surface area (Å²) in [6.45, 7) is 5.45. The van der Waals surface area contributed by atoms with Gasteiger partial charge in [-0.3, -0.25) is 9.69 Å². The van der Waals surface area contributed by atoms with Crippen LogP contribution in [0.1, 0.15) is 39.0 Å². The molecule has 138 valence electrons. The minimum atomic E-state index is -3.39. The third kappa shape index (κ3) is 4.09. The number of hydrogen-bond donors (Lipinski definition) is 1. The van der Waals surface area contributed by atoms with E-state index < -0.39 is 10.2 Å². The first-order valence-electron chi connectivity index (χ1n) is 9.17. The third-order valence-electron chi connectivity index (χ3n) is 5.54. The molecule has 7 nitrogen and oxygen atoms in total. The lowest BCUT2D eigenvalue weighted by atomic mass is 10.0. The minimum absolute atomic E-state index is 0.00503. The van der Waals surface area contributed by atoms with Crippen molar-refractivity contribution in [2.75, 3.05) is 39.8 Å². The molecule has 3 fully saturated rings. The van der Waals surface area contributed by atoms with Crippen molar-refractivity contribution in [3.05, 3.63) is 0 Å². The maximum atomic E-state index is 12.6. The predicted octanol–water partition coefficient (Wildman–Crippen LogP) is 0.248. The molecule has 1 unspecified atom stereocenters. The first kappa shape index (κ1) is 18.1. The molecule has 1 atom stereocenters. The first-order chi connectivity index (χ1) is 11.4. The molecule has 0 aromatic heterocycles. The summed E-state index contributed by atoms with van der Waals surface area (Å²) >= 11 is 0. The normalized spacial score (nSPS) is 27.4. The van der Waals surface area contributed by atoms with Crippen LogP contribution in [-0.2, 0) is 15.0 Å². The summed E-state index contributed by atoms with van der Waals surface area (Å²) in [6, 6.07) is -0.0247. The molecule has 8 heteroatoms. The summed E-state index contributed by atoms with van der Waals surface area (Å²) in [6.07, 6.45) is 4.72. The van der Waals surface area contributed by atoms with Gasteiger partial charge in [-0.15, -0.1) is 0 Å². The van der Waals surface area contributed by atoms with E-state index in [1.54, 1.807) is 9.21 Å². The second-order valence-corrected chi connectivity index (χ2v) is 9.09. The van der Waals surface area contributed by atoms with E-state index in [0.717, 1.165) is 51.7 Å². The van der Waals surface area contributed by atoms with Crippen LogP contribution in [0.3, 0.4) is 0 Å². The highest BCUT2D eigenvalue weighted by molar-refractivity contribution is 7.87. The van der Waals surface area contributed by atoms with E-state index in [1.807, 2.05) is 14.0 Å². The number of likely N-dealkylation sites (N-methyl/N-ethyl adjacent to an activating group) is 1. The van der Waals surface area contributed by atoms with Crippen molar-refractivity contribution in [3.8, 4) is 0 Å². The average Bonchev–Trinajstić information content (AvgIpc) is 3.31. The Morgan fingerprint density at radius 2 is 1.79 bits per heavy atom. The molecule has 3 aliphatic rings. The highest BCUT2D eigenvalue weighted by Gasteiger charge is 2.37. The van der Waals surface area contributed by atoms with Gasteiger partial charge in [0, 0.05) is 45.8 Å². The summed E-state index contributed by atoms with van der Waals surface area (Å²) < 4.78 is 29.6. The van der Waals surface area contributed by atoms with Gasteiger partial charge in [-0.1, -0.05) is 6.92 Å². The van der Waals surface area contributed by atoms with Crippen LogP contribution in [0.4, 0.5) is 0 Å². The fraction of sp³-hybridized carbons (Fsp3) is 0.938. The molecule has 2 aliphatic heterocycles. The van der Waals surface area contributed by atoms with Gasteiger partial charge in [0.25, 0.3) is 10.2 Å². The third-order valence-corrected chi connectivity index (χ3v) is 7.25. The van der Waals surface area contributed by atoms with Gasteiger partial charge in [0.1, 0.15) is 0 Å². The van der Waals surface area contributed by atoms with Gasteiger partial charge in [0.05, 0.1) is 6.04 Å². The fourth-order valence-electron chi connectivity index (χ4n) is 3.74. The maximum Gasteiger partial charge on any atom is 0.279 e. The van der Waals surface area contributed by atoms with E-state index in [9.17, 15) is 13.2 Å². The van der Waals surface area contributed by atoms with Gasteiger partial charge < -0.3 is 4.90 Å². The van der Waals surface area contributed by atoms with Crippen molar-refractivity contribution in [3.63, 3.8) is 0 Å². The number of nitrogens with one attached hydrogen (secondary N) is 1. The summed E-state index contributed by atoms with van der Waals surface area (Å²) in [5.41, 5.74) is 0. The minimum Gasteiger partial charge on any atom is -0.344 e. The number of nitrogens with zero attached hydrogens (tertiary/aromatic N) is 3. The Morgan fingerprint density at radius 3 is 2.29 bits per heavy atom. The van der Waals surface area contributed by atoms with Gasteiger partial charge in [0.2, 0.25) is 5.91 Å². The second kappa shape index (κ2) is 7.27. The molecule has 0 spiro atoms. The lowest BCUT2D eigenvalue weighted by Crippen LogP contribution is -2.52. The van der Waals surface area contributed by atoms with Crippen molar-refractivity contribution in [1.82, 2.24) is 18.8 Å². The number of rotatable bonds is 7. The van der Waals surface area contributed by atoms with Gasteiger partial charge in [-0.05, 0) is 38.0 Å². The van der Waals surface area contributed by atoms with Gasteiger partial charge >= 0.3 is 0 Å². The van der Waals surface area contributed by atoms with Crippen LogP contribution >= 0.6 is 0 Å². The largest absolute Gasteiger partial charge is 0.344 e. The Hall–Kier alpha value is -0.700. The van der Waals surface area contributed by atoms with E-state index in [0.29, 0.717) is 19.0 Å². The molecule has 2 heterocycles. The highest BCUT2D eigenvalue weighted by Crippen LogP contribution is 2.30. The van der Waals surface area contributed by atoms with Crippen LogP contribution in [0.5, 0.6) is 0 Å². The lowest BCUT2D eigenvalue weighted by Gasteiger charge is -2.35. The lowest BCUT2D eigenvalue weighted by molar-refractivity contribution is -0.131. The maximum absolute atomic E-state index is 12.6. The zero-order valence-electron chi connectivity index (χ0n) is 14.8. The monoisotopic (exact) mass is 358 g/mol. The van der Waals surface area contributed by atoms with Gasteiger partial charge in [-0.25, -0.2) is 0 Å². The molecule has 0 radical (unpaired) electrons. The second-order valence-electron chi connectivity index (χ2n) is 7.39. The fourth-order valence-corrected chi connectivity index (χ4v) is 5.30. The van der Waals surface area contributed by atoms with Crippen molar-refractivity contribution in [1.29, 1.82) is 0 Å². The molecular weight excluding hydrogens is 328 g/mol. The molecule has 0 aromatic carbocycles. The zero-order chi connectivity index (χ0) is 17.3. The summed E-state index contributed by atoms with van der Waals surface area (Å²) in [4.78, 5) is 16.1. The summed E-state index contributed by atoms with van der Waals surface area (Å²) in [5.74, 6) is 0.754. The topological polar surface area (TPSA) is 73.0 Å². The molecule has 3 rings (SSSR count). The Labute approximate surface area is 145 Å². The van der Waals surface area contributed by atoms with Gasteiger partial charge in [0.15, 0.2) is 0 Å². The van der Waals surface area contributed by atoms with Gasteiger partial charge in [-0.2, -0.15) is 17.4 Å². The number of piperidine rings is 1. The van der Waals surface area contributed by atoms with Crippen molar-refractivity contribution in [2.45, 2.75) is 51.1 Å². The van der Waals surface area contributed by atoms with Crippen LogP contribution < -0.4 is 4.72 Å². The number of hydrogen-bond acceptors (Lipinski definition) is 4. The predicted molar refractivity (Wildman–Crippen MR) is 92.7 cm³/mol. The van der Waals surface area contributed by atoms with E-state index in [2.05, 4.69) is 9.62 Å². The standard InChI is InChI=1S/C16H30N4O3S/c1-3-20(12-13-4-5-13)24(22,23)17-14-6-10-19(11-7-14)15-8-9-18(2)16(15)21/h13-15,17H,3-12H2,1-2H3. The molecule has 2 saturated heterocycles. The molecule has 24 heavy (non-hydrogen) atoms. The van der Waals surface area contributed by atoms with Crippen LogP contribution in [0.25, 0.3) is 0 Å². The quantitative estimate of drug-likeness (QED) is 0.708. The molecule has 0 aromatic rings. The van der Waals surface area contributed by atoms with Crippen molar-refractivity contribution in [2.24, 2.45) is 5.92 Å². The van der Waals surface area contributed by atoms with Crippen molar-refractivity contribution >= 4 is 16.1 Å². The van der Waals surface area contributed by atoms with E-state index >= 15 is 0 Å². The molecule has 1 aliphatic carbocycles. The number of carbonyl (C=O) groups is 1. The Morgan fingerprint density at radius 1 is 1.12 bits per heavy atom. The number of carbonyl (C=O) groups excluding carboxylic acids is 1. The molecule has 0 bridgehead atoms. The average molecular weight is 359 g/mol. The van der Waals surface area contributed by atoms with Crippen LogP contribution in [0.2, 0.25) is 0 Å².